The maximum atomic E-state index is 13.0. The van der Waals surface area contributed by atoms with Gasteiger partial charge in [-0.2, -0.15) is 0 Å². The van der Waals surface area contributed by atoms with Crippen LogP contribution in [0.4, 0.5) is 15.9 Å². The molecule has 0 saturated carbocycles. The van der Waals surface area contributed by atoms with Crippen LogP contribution in [0, 0.1) is 11.7 Å². The predicted octanol–water partition coefficient (Wildman–Crippen LogP) is 2.87. The molecule has 2 amide bonds. The summed E-state index contributed by atoms with van der Waals surface area (Å²) in [6.07, 6.45) is 1.54. The minimum atomic E-state index is -0.481. The number of amides is 2. The molecule has 1 atom stereocenters. The van der Waals surface area contributed by atoms with Gasteiger partial charge < -0.3 is 10.2 Å². The molecule has 23 heavy (non-hydrogen) atoms. The average Bonchev–Trinajstić information content (AvgIpc) is 2.92. The maximum absolute atomic E-state index is 13.0. The summed E-state index contributed by atoms with van der Waals surface area (Å²) in [5, 5.41) is 3.14. The smallest absolute Gasteiger partial charge is 0.230 e. The molecule has 7 heteroatoms. The van der Waals surface area contributed by atoms with Gasteiger partial charge in [0.25, 0.3) is 0 Å². The van der Waals surface area contributed by atoms with Gasteiger partial charge in [0.15, 0.2) is 0 Å². The molecule has 2 aromatic rings. The summed E-state index contributed by atoms with van der Waals surface area (Å²) in [6.45, 7) is 0.254. The van der Waals surface area contributed by atoms with Gasteiger partial charge in [0.2, 0.25) is 11.8 Å². The van der Waals surface area contributed by atoms with Gasteiger partial charge in [0.05, 0.1) is 10.9 Å². The minimum absolute atomic E-state index is 0.108. The van der Waals surface area contributed by atoms with Gasteiger partial charge in [-0.05, 0) is 36.4 Å². The molecule has 1 N–H and O–H groups in total. The van der Waals surface area contributed by atoms with Crippen molar-refractivity contribution in [3.8, 4) is 0 Å². The Hall–Kier alpha value is -2.47. The number of benzene rings is 1. The molecule has 0 aliphatic carbocycles. The standard InChI is InChI=1S/C16H13ClFN3O2/c17-11-1-6-14(19-8-11)20-16(23)10-7-15(22)21(9-10)13-4-2-12(18)3-5-13/h1-6,8,10H,7,9H2,(H,19,20,23). The SMILES string of the molecule is O=C(Nc1ccc(Cl)cn1)C1CC(=O)N(c2ccc(F)cc2)C1. The third-order valence-corrected chi connectivity index (χ3v) is 3.84. The van der Waals surface area contributed by atoms with Crippen LogP contribution in [-0.4, -0.2) is 23.3 Å². The summed E-state index contributed by atoms with van der Waals surface area (Å²) < 4.78 is 13.0. The molecule has 3 rings (SSSR count). The van der Waals surface area contributed by atoms with Crippen molar-refractivity contribution in [2.75, 3.05) is 16.8 Å². The highest BCUT2D eigenvalue weighted by atomic mass is 35.5. The Labute approximate surface area is 137 Å². The van der Waals surface area contributed by atoms with Gasteiger partial charge >= 0.3 is 0 Å². The van der Waals surface area contributed by atoms with Crippen LogP contribution < -0.4 is 10.2 Å². The number of anilines is 2. The molecular formula is C16H13ClFN3O2. The molecule has 0 spiro atoms. The van der Waals surface area contributed by atoms with Crippen molar-refractivity contribution in [1.29, 1.82) is 0 Å². The summed E-state index contributed by atoms with van der Waals surface area (Å²) >= 11 is 5.74. The summed E-state index contributed by atoms with van der Waals surface area (Å²) in [5.41, 5.74) is 0.580. The molecule has 1 aromatic carbocycles. The normalized spacial score (nSPS) is 17.4. The van der Waals surface area contributed by atoms with E-state index in [9.17, 15) is 14.0 Å². The highest BCUT2D eigenvalue weighted by molar-refractivity contribution is 6.30. The van der Waals surface area contributed by atoms with Crippen molar-refractivity contribution in [2.45, 2.75) is 6.42 Å². The zero-order chi connectivity index (χ0) is 16.4. The van der Waals surface area contributed by atoms with Crippen molar-refractivity contribution in [3.63, 3.8) is 0 Å². The Morgan fingerprint density at radius 2 is 2.00 bits per heavy atom. The van der Waals surface area contributed by atoms with Gasteiger partial charge in [0, 0.05) is 24.8 Å². The van der Waals surface area contributed by atoms with Crippen molar-refractivity contribution in [3.05, 3.63) is 53.4 Å². The van der Waals surface area contributed by atoms with Gasteiger partial charge in [0.1, 0.15) is 11.6 Å². The lowest BCUT2D eigenvalue weighted by Gasteiger charge is -2.16. The lowest BCUT2D eigenvalue weighted by Crippen LogP contribution is -2.28. The van der Waals surface area contributed by atoms with E-state index in [2.05, 4.69) is 10.3 Å². The molecule has 2 heterocycles. The average molecular weight is 334 g/mol. The minimum Gasteiger partial charge on any atom is -0.312 e. The van der Waals surface area contributed by atoms with E-state index in [0.29, 0.717) is 16.5 Å². The Morgan fingerprint density at radius 1 is 1.26 bits per heavy atom. The van der Waals surface area contributed by atoms with E-state index in [1.165, 1.54) is 35.4 Å². The summed E-state index contributed by atoms with van der Waals surface area (Å²) in [5.74, 6) is -0.917. The molecule has 1 aliphatic heterocycles. The van der Waals surface area contributed by atoms with Crippen LogP contribution in [0.25, 0.3) is 0 Å². The topological polar surface area (TPSA) is 62.3 Å². The fourth-order valence-corrected chi connectivity index (χ4v) is 2.54. The molecule has 1 unspecified atom stereocenters. The number of carbonyl (C=O) groups excluding carboxylic acids is 2. The number of hydrogen-bond acceptors (Lipinski definition) is 3. The largest absolute Gasteiger partial charge is 0.312 e. The third kappa shape index (κ3) is 3.48. The first kappa shape index (κ1) is 15.4. The fraction of sp³-hybridized carbons (Fsp3) is 0.188. The Morgan fingerprint density at radius 3 is 2.65 bits per heavy atom. The van der Waals surface area contributed by atoms with E-state index in [-0.39, 0.29) is 30.6 Å². The Kier molecular flexibility index (Phi) is 4.25. The van der Waals surface area contributed by atoms with E-state index in [1.807, 2.05) is 0 Å². The number of rotatable bonds is 3. The van der Waals surface area contributed by atoms with Crippen LogP contribution in [0.15, 0.2) is 42.6 Å². The van der Waals surface area contributed by atoms with E-state index >= 15 is 0 Å². The second-order valence-corrected chi connectivity index (χ2v) is 5.67. The van der Waals surface area contributed by atoms with Crippen LogP contribution in [0.1, 0.15) is 6.42 Å². The first-order valence-corrected chi connectivity index (χ1v) is 7.39. The molecule has 118 valence electrons. The summed E-state index contributed by atoms with van der Waals surface area (Å²) in [7, 11) is 0. The van der Waals surface area contributed by atoms with E-state index in [4.69, 9.17) is 11.6 Å². The number of aromatic nitrogens is 1. The summed E-state index contributed by atoms with van der Waals surface area (Å²) in [6, 6.07) is 8.83. The fourth-order valence-electron chi connectivity index (χ4n) is 2.43. The maximum Gasteiger partial charge on any atom is 0.230 e. The van der Waals surface area contributed by atoms with Gasteiger partial charge in [-0.15, -0.1) is 0 Å². The molecule has 0 bridgehead atoms. The molecule has 1 aliphatic rings. The molecule has 0 radical (unpaired) electrons. The molecular weight excluding hydrogens is 321 g/mol. The molecule has 1 saturated heterocycles. The Balaban J connectivity index is 1.68. The summed E-state index contributed by atoms with van der Waals surface area (Å²) in [4.78, 5) is 29.8. The van der Waals surface area contributed by atoms with E-state index in [0.717, 1.165) is 0 Å². The van der Waals surface area contributed by atoms with Gasteiger partial charge in [-0.3, -0.25) is 9.59 Å². The van der Waals surface area contributed by atoms with Gasteiger partial charge in [-0.25, -0.2) is 9.37 Å². The van der Waals surface area contributed by atoms with E-state index < -0.39 is 5.92 Å². The predicted molar refractivity (Wildman–Crippen MR) is 84.7 cm³/mol. The zero-order valence-electron chi connectivity index (χ0n) is 12.0. The number of halogens is 2. The lowest BCUT2D eigenvalue weighted by molar-refractivity contribution is -0.122. The van der Waals surface area contributed by atoms with Crippen LogP contribution in [0.5, 0.6) is 0 Å². The number of nitrogens with zero attached hydrogens (tertiary/aromatic N) is 2. The third-order valence-electron chi connectivity index (χ3n) is 3.61. The molecule has 5 nitrogen and oxygen atoms in total. The van der Waals surface area contributed by atoms with Crippen molar-refractivity contribution in [1.82, 2.24) is 4.98 Å². The monoisotopic (exact) mass is 333 g/mol. The van der Waals surface area contributed by atoms with Crippen LogP contribution >= 0.6 is 11.6 Å². The number of nitrogens with one attached hydrogen (secondary N) is 1. The number of carbonyl (C=O) groups is 2. The molecule has 1 fully saturated rings. The van der Waals surface area contributed by atoms with Gasteiger partial charge in [-0.1, -0.05) is 11.6 Å². The van der Waals surface area contributed by atoms with E-state index in [1.54, 1.807) is 12.1 Å². The lowest BCUT2D eigenvalue weighted by atomic mass is 10.1. The first-order chi connectivity index (χ1) is 11.0. The number of pyridine rings is 1. The highest BCUT2D eigenvalue weighted by Gasteiger charge is 2.35. The second-order valence-electron chi connectivity index (χ2n) is 5.23. The van der Waals surface area contributed by atoms with Crippen molar-refractivity contribution < 1.29 is 14.0 Å². The zero-order valence-corrected chi connectivity index (χ0v) is 12.8. The Bertz CT molecular complexity index is 734. The highest BCUT2D eigenvalue weighted by Crippen LogP contribution is 2.26. The molecule has 1 aromatic heterocycles. The first-order valence-electron chi connectivity index (χ1n) is 7.01. The quantitative estimate of drug-likeness (QED) is 0.939. The van der Waals surface area contributed by atoms with Crippen molar-refractivity contribution in [2.24, 2.45) is 5.92 Å². The van der Waals surface area contributed by atoms with Crippen molar-refractivity contribution >= 4 is 34.9 Å². The van der Waals surface area contributed by atoms with Crippen LogP contribution in [-0.2, 0) is 9.59 Å². The number of hydrogen-bond donors (Lipinski definition) is 1. The van der Waals surface area contributed by atoms with Crippen LogP contribution in [0.3, 0.4) is 0 Å². The second kappa shape index (κ2) is 6.34. The van der Waals surface area contributed by atoms with Crippen LogP contribution in [0.2, 0.25) is 5.02 Å².